The van der Waals surface area contributed by atoms with Gasteiger partial charge in [0.2, 0.25) is 5.91 Å². The quantitative estimate of drug-likeness (QED) is 0.200. The Morgan fingerprint density at radius 2 is 1.51 bits per heavy atom. The predicted octanol–water partition coefficient (Wildman–Crippen LogP) is 5.30. The monoisotopic (exact) mass is 485 g/mol. The normalized spacial score (nSPS) is 14.1. The van der Waals surface area contributed by atoms with Gasteiger partial charge in [0.05, 0.1) is 4.92 Å². The van der Waals surface area contributed by atoms with E-state index in [0.717, 1.165) is 37.2 Å². The van der Waals surface area contributed by atoms with Crippen LogP contribution in [-0.2, 0) is 4.79 Å². The number of nitrogens with zero attached hydrogens (tertiary/aromatic N) is 5. The van der Waals surface area contributed by atoms with Crippen molar-refractivity contribution in [2.75, 3.05) is 13.1 Å². The Labute approximate surface area is 206 Å². The second-order valence-electron chi connectivity index (χ2n) is 8.22. The highest BCUT2D eigenvalue weighted by molar-refractivity contribution is 8.00. The molecule has 0 saturated carbocycles. The molecule has 1 aromatic heterocycles. The first-order chi connectivity index (χ1) is 17.1. The number of nitro groups is 1. The van der Waals surface area contributed by atoms with Crippen molar-refractivity contribution in [2.45, 2.75) is 23.2 Å². The molecule has 3 aromatic carbocycles. The van der Waals surface area contributed by atoms with Crippen molar-refractivity contribution in [2.24, 2.45) is 0 Å². The molecule has 4 aromatic rings. The van der Waals surface area contributed by atoms with Crippen LogP contribution >= 0.6 is 11.8 Å². The van der Waals surface area contributed by atoms with E-state index >= 15 is 0 Å². The van der Waals surface area contributed by atoms with Crippen molar-refractivity contribution in [3.8, 4) is 17.1 Å². The lowest BCUT2D eigenvalue weighted by atomic mass is 10.1. The number of hydrogen-bond donors (Lipinski definition) is 0. The lowest BCUT2D eigenvalue weighted by molar-refractivity contribution is -0.384. The maximum atomic E-state index is 13.6. The van der Waals surface area contributed by atoms with E-state index in [1.54, 1.807) is 12.1 Å². The minimum atomic E-state index is -0.467. The van der Waals surface area contributed by atoms with Crippen molar-refractivity contribution in [1.82, 2.24) is 19.7 Å². The molecule has 9 heteroatoms. The molecule has 1 saturated heterocycles. The highest BCUT2D eigenvalue weighted by Gasteiger charge is 2.31. The molecule has 176 valence electrons. The number of amides is 1. The summed E-state index contributed by atoms with van der Waals surface area (Å²) in [7, 11) is 0. The van der Waals surface area contributed by atoms with Crippen LogP contribution in [0.3, 0.4) is 0 Å². The molecule has 1 aliphatic rings. The molecule has 1 fully saturated rings. The molecule has 0 radical (unpaired) electrons. The molecule has 1 amide bonds. The summed E-state index contributed by atoms with van der Waals surface area (Å²) < 4.78 is 1.90. The van der Waals surface area contributed by atoms with Crippen LogP contribution in [-0.4, -0.2) is 43.6 Å². The van der Waals surface area contributed by atoms with E-state index < -0.39 is 10.2 Å². The number of thioether (sulfide) groups is 1. The molecule has 1 aliphatic heterocycles. The first-order valence-corrected chi connectivity index (χ1v) is 12.3. The van der Waals surface area contributed by atoms with Crippen LogP contribution in [0.5, 0.6) is 0 Å². The van der Waals surface area contributed by atoms with Gasteiger partial charge in [-0.2, -0.15) is 0 Å². The number of hydrogen-bond acceptors (Lipinski definition) is 6. The topological polar surface area (TPSA) is 94.2 Å². The summed E-state index contributed by atoms with van der Waals surface area (Å²) in [4.78, 5) is 26.2. The zero-order chi connectivity index (χ0) is 24.2. The fourth-order valence-corrected chi connectivity index (χ4v) is 5.31. The third kappa shape index (κ3) is 4.81. The van der Waals surface area contributed by atoms with Crippen LogP contribution in [0.1, 0.15) is 23.7 Å². The molecule has 0 spiro atoms. The van der Waals surface area contributed by atoms with Gasteiger partial charge in [-0.25, -0.2) is 0 Å². The molecule has 35 heavy (non-hydrogen) atoms. The van der Waals surface area contributed by atoms with E-state index in [9.17, 15) is 14.9 Å². The number of para-hydroxylation sites is 1. The molecule has 0 unspecified atom stereocenters. The van der Waals surface area contributed by atoms with Crippen molar-refractivity contribution in [3.05, 3.63) is 101 Å². The average Bonchev–Trinajstić information content (AvgIpc) is 3.59. The van der Waals surface area contributed by atoms with Gasteiger partial charge in [0.1, 0.15) is 5.25 Å². The van der Waals surface area contributed by atoms with Crippen LogP contribution in [0.15, 0.2) is 90.1 Å². The Balaban J connectivity index is 1.57. The highest BCUT2D eigenvalue weighted by Crippen LogP contribution is 2.39. The van der Waals surface area contributed by atoms with Crippen LogP contribution in [0, 0.1) is 10.1 Å². The number of likely N-dealkylation sites (tertiary alicyclic amines) is 1. The zero-order valence-electron chi connectivity index (χ0n) is 18.9. The van der Waals surface area contributed by atoms with E-state index in [1.807, 2.05) is 70.1 Å². The van der Waals surface area contributed by atoms with Gasteiger partial charge in [0, 0.05) is 36.5 Å². The second kappa shape index (κ2) is 10.1. The van der Waals surface area contributed by atoms with E-state index in [2.05, 4.69) is 10.2 Å². The van der Waals surface area contributed by atoms with Crippen molar-refractivity contribution >= 4 is 23.4 Å². The zero-order valence-corrected chi connectivity index (χ0v) is 19.7. The first kappa shape index (κ1) is 22.8. The third-order valence-corrected chi connectivity index (χ3v) is 7.14. The first-order valence-electron chi connectivity index (χ1n) is 11.4. The standard InChI is InChI=1S/C26H23N5O3S/c32-25(29-17-7-8-18-29)23(19-9-3-1-4-10-19)35-26-28-27-24(30(26)21-11-5-2-6-12-21)20-13-15-22(16-14-20)31(33)34/h1-6,9-16,23H,7-8,17-18H2/t23-/m0/s1. The highest BCUT2D eigenvalue weighted by atomic mass is 32.2. The summed E-state index contributed by atoms with van der Waals surface area (Å²) in [6.07, 6.45) is 2.03. The van der Waals surface area contributed by atoms with E-state index in [1.165, 1.54) is 23.9 Å². The van der Waals surface area contributed by atoms with Crippen LogP contribution in [0.4, 0.5) is 5.69 Å². The summed E-state index contributed by atoms with van der Waals surface area (Å²) in [5.41, 5.74) is 2.46. The third-order valence-electron chi connectivity index (χ3n) is 5.95. The lowest BCUT2D eigenvalue weighted by Gasteiger charge is -2.23. The lowest BCUT2D eigenvalue weighted by Crippen LogP contribution is -2.31. The van der Waals surface area contributed by atoms with Gasteiger partial charge in [-0.05, 0) is 42.7 Å². The Kier molecular flexibility index (Phi) is 6.58. The van der Waals surface area contributed by atoms with E-state index in [0.29, 0.717) is 16.5 Å². The molecular formula is C26H23N5O3S. The summed E-state index contributed by atoms with van der Waals surface area (Å²) >= 11 is 1.37. The maximum Gasteiger partial charge on any atom is 0.269 e. The average molecular weight is 486 g/mol. The number of nitro benzene ring substituents is 1. The SMILES string of the molecule is O=C([C@@H](Sc1nnc(-c2ccc([N+](=O)[O-])cc2)n1-c1ccccc1)c1ccccc1)N1CCCC1. The maximum absolute atomic E-state index is 13.6. The van der Waals surface area contributed by atoms with Gasteiger partial charge in [-0.3, -0.25) is 19.5 Å². The van der Waals surface area contributed by atoms with Gasteiger partial charge < -0.3 is 4.90 Å². The number of benzene rings is 3. The molecule has 0 N–H and O–H groups in total. The number of carbonyl (C=O) groups excluding carboxylic acids is 1. The van der Waals surface area contributed by atoms with Gasteiger partial charge in [0.25, 0.3) is 5.69 Å². The summed E-state index contributed by atoms with van der Waals surface area (Å²) in [5, 5.41) is 20.1. The Morgan fingerprint density at radius 1 is 0.886 bits per heavy atom. The predicted molar refractivity (Wildman–Crippen MR) is 134 cm³/mol. The Bertz CT molecular complexity index is 1320. The molecule has 2 heterocycles. The molecule has 1 atom stereocenters. The molecule has 8 nitrogen and oxygen atoms in total. The Morgan fingerprint density at radius 3 is 2.14 bits per heavy atom. The molecule has 0 bridgehead atoms. The van der Waals surface area contributed by atoms with Gasteiger partial charge in [-0.1, -0.05) is 60.3 Å². The van der Waals surface area contributed by atoms with Gasteiger partial charge >= 0.3 is 0 Å². The molecule has 5 rings (SSSR count). The van der Waals surface area contributed by atoms with Crippen LogP contribution in [0.25, 0.3) is 17.1 Å². The van der Waals surface area contributed by atoms with Crippen molar-refractivity contribution in [1.29, 1.82) is 0 Å². The summed E-state index contributed by atoms with van der Waals surface area (Å²) in [6, 6.07) is 25.6. The summed E-state index contributed by atoms with van der Waals surface area (Å²) in [6.45, 7) is 1.53. The van der Waals surface area contributed by atoms with Crippen LogP contribution in [0.2, 0.25) is 0 Å². The van der Waals surface area contributed by atoms with E-state index in [4.69, 9.17) is 0 Å². The van der Waals surface area contributed by atoms with Gasteiger partial charge in [-0.15, -0.1) is 10.2 Å². The fourth-order valence-electron chi connectivity index (χ4n) is 4.17. The molecule has 0 aliphatic carbocycles. The van der Waals surface area contributed by atoms with Crippen LogP contribution < -0.4 is 0 Å². The molecular weight excluding hydrogens is 462 g/mol. The Hall–Kier alpha value is -3.98. The minimum absolute atomic E-state index is 0.00877. The van der Waals surface area contributed by atoms with Gasteiger partial charge in [0.15, 0.2) is 11.0 Å². The van der Waals surface area contributed by atoms with Crippen molar-refractivity contribution < 1.29 is 9.72 Å². The minimum Gasteiger partial charge on any atom is -0.341 e. The second-order valence-corrected chi connectivity index (χ2v) is 9.29. The largest absolute Gasteiger partial charge is 0.341 e. The fraction of sp³-hybridized carbons (Fsp3) is 0.192. The number of rotatable bonds is 7. The number of carbonyl (C=O) groups is 1. The number of aromatic nitrogens is 3. The summed E-state index contributed by atoms with van der Waals surface area (Å²) in [5.74, 6) is 0.618. The smallest absolute Gasteiger partial charge is 0.269 e. The van der Waals surface area contributed by atoms with E-state index in [-0.39, 0.29) is 11.6 Å². The van der Waals surface area contributed by atoms with Crippen molar-refractivity contribution in [3.63, 3.8) is 0 Å². The number of non-ortho nitro benzene ring substituents is 1.